The van der Waals surface area contributed by atoms with Crippen LogP contribution in [0.3, 0.4) is 0 Å². The summed E-state index contributed by atoms with van der Waals surface area (Å²) >= 11 is 3.38. The van der Waals surface area contributed by atoms with Crippen LogP contribution in [-0.2, 0) is 13.0 Å². The van der Waals surface area contributed by atoms with Gasteiger partial charge in [0.05, 0.1) is 35.8 Å². The zero-order valence-corrected chi connectivity index (χ0v) is 12.2. The van der Waals surface area contributed by atoms with E-state index in [0.29, 0.717) is 13.0 Å². The van der Waals surface area contributed by atoms with Gasteiger partial charge in [0.15, 0.2) is 0 Å². The zero-order valence-electron chi connectivity index (χ0n) is 10.6. The van der Waals surface area contributed by atoms with Crippen LogP contribution >= 0.6 is 15.9 Å². The Hall–Kier alpha value is -2.19. The van der Waals surface area contributed by atoms with Crippen LogP contribution in [0.1, 0.15) is 11.5 Å². The maximum Gasteiger partial charge on any atom is 0.124 e. The van der Waals surface area contributed by atoms with Crippen LogP contribution in [0.15, 0.2) is 47.1 Å². The summed E-state index contributed by atoms with van der Waals surface area (Å²) in [6, 6.07) is 14.0. The molecule has 1 aromatic carbocycles. The summed E-state index contributed by atoms with van der Waals surface area (Å²) in [6.45, 7) is 0.616. The summed E-state index contributed by atoms with van der Waals surface area (Å²) in [7, 11) is 0. The van der Waals surface area contributed by atoms with E-state index in [1.165, 1.54) is 0 Å². The molecular formula is C15H11BrN4. The van der Waals surface area contributed by atoms with Gasteiger partial charge in [-0.1, -0.05) is 12.1 Å². The summed E-state index contributed by atoms with van der Waals surface area (Å²) in [5, 5.41) is 8.95. The van der Waals surface area contributed by atoms with Crippen molar-refractivity contribution in [3.05, 3.63) is 58.6 Å². The smallest absolute Gasteiger partial charge is 0.124 e. The Morgan fingerprint density at radius 2 is 2.05 bits per heavy atom. The van der Waals surface area contributed by atoms with Crippen molar-refractivity contribution in [2.24, 2.45) is 0 Å². The number of halogens is 1. The number of benzene rings is 1. The van der Waals surface area contributed by atoms with Crippen molar-refractivity contribution in [1.82, 2.24) is 14.5 Å². The van der Waals surface area contributed by atoms with Crippen LogP contribution < -0.4 is 0 Å². The Kier molecular flexibility index (Phi) is 3.48. The molecule has 0 bridgehead atoms. The summed E-state index contributed by atoms with van der Waals surface area (Å²) in [5.41, 5.74) is 2.88. The van der Waals surface area contributed by atoms with E-state index < -0.39 is 0 Å². The molecule has 3 rings (SSSR count). The zero-order chi connectivity index (χ0) is 13.9. The Morgan fingerprint density at radius 3 is 2.80 bits per heavy atom. The van der Waals surface area contributed by atoms with Gasteiger partial charge in [-0.25, -0.2) is 4.98 Å². The molecule has 2 heterocycles. The molecule has 0 radical (unpaired) electrons. The highest BCUT2D eigenvalue weighted by Crippen LogP contribution is 2.18. The van der Waals surface area contributed by atoms with E-state index in [1.54, 1.807) is 6.20 Å². The van der Waals surface area contributed by atoms with Crippen LogP contribution in [0.4, 0.5) is 0 Å². The van der Waals surface area contributed by atoms with Gasteiger partial charge < -0.3 is 4.57 Å². The molecule has 3 aromatic rings. The van der Waals surface area contributed by atoms with Crippen LogP contribution in [0, 0.1) is 11.3 Å². The summed E-state index contributed by atoms with van der Waals surface area (Å²) in [6.07, 6.45) is 2.07. The minimum atomic E-state index is 0.297. The van der Waals surface area contributed by atoms with Crippen LogP contribution in [-0.4, -0.2) is 14.5 Å². The number of para-hydroxylation sites is 2. The van der Waals surface area contributed by atoms with E-state index in [4.69, 9.17) is 5.26 Å². The Labute approximate surface area is 124 Å². The number of pyridine rings is 1. The third-order valence-electron chi connectivity index (χ3n) is 3.08. The van der Waals surface area contributed by atoms with Crippen molar-refractivity contribution in [2.75, 3.05) is 0 Å². The van der Waals surface area contributed by atoms with Gasteiger partial charge in [0, 0.05) is 10.7 Å². The minimum Gasteiger partial charge on any atom is -0.321 e. The third kappa shape index (κ3) is 2.43. The lowest BCUT2D eigenvalue weighted by Crippen LogP contribution is -2.06. The second-order valence-electron chi connectivity index (χ2n) is 4.41. The predicted octanol–water partition coefficient (Wildman–Crippen LogP) is 3.31. The van der Waals surface area contributed by atoms with Gasteiger partial charge in [0.2, 0.25) is 0 Å². The second-order valence-corrected chi connectivity index (χ2v) is 5.32. The third-order valence-corrected chi connectivity index (χ3v) is 3.55. The number of hydrogen-bond donors (Lipinski definition) is 0. The quantitative estimate of drug-likeness (QED) is 0.742. The SMILES string of the molecule is N#CCc1nc2ccccc2n1Cc1ccc(Br)cn1. The van der Waals surface area contributed by atoms with Gasteiger partial charge in [0.1, 0.15) is 5.82 Å². The minimum absolute atomic E-state index is 0.297. The standard InChI is InChI=1S/C15H11BrN4/c16-11-5-6-12(18-9-11)10-20-14-4-2-1-3-13(14)19-15(20)7-8-17/h1-6,9H,7,10H2. The first-order chi connectivity index (χ1) is 9.78. The van der Waals surface area contributed by atoms with E-state index in [0.717, 1.165) is 27.0 Å². The Bertz CT molecular complexity index is 784. The molecule has 0 spiro atoms. The van der Waals surface area contributed by atoms with Crippen LogP contribution in [0.5, 0.6) is 0 Å². The first kappa shape index (κ1) is 12.8. The van der Waals surface area contributed by atoms with Crippen molar-refractivity contribution < 1.29 is 0 Å². The topological polar surface area (TPSA) is 54.5 Å². The largest absolute Gasteiger partial charge is 0.321 e. The molecule has 0 amide bonds. The van der Waals surface area contributed by atoms with Gasteiger partial charge >= 0.3 is 0 Å². The van der Waals surface area contributed by atoms with Gasteiger partial charge in [-0.15, -0.1) is 0 Å². The average molecular weight is 327 g/mol. The fourth-order valence-electron chi connectivity index (χ4n) is 2.17. The van der Waals surface area contributed by atoms with E-state index in [9.17, 15) is 0 Å². The number of aromatic nitrogens is 3. The number of fused-ring (bicyclic) bond motifs is 1. The Morgan fingerprint density at radius 1 is 1.20 bits per heavy atom. The van der Waals surface area contributed by atoms with Gasteiger partial charge in [-0.05, 0) is 40.2 Å². The van der Waals surface area contributed by atoms with Crippen molar-refractivity contribution in [2.45, 2.75) is 13.0 Å². The lowest BCUT2D eigenvalue weighted by Gasteiger charge is -2.07. The molecule has 0 saturated carbocycles. The maximum absolute atomic E-state index is 8.95. The monoisotopic (exact) mass is 326 g/mol. The van der Waals surface area contributed by atoms with E-state index in [2.05, 4.69) is 36.5 Å². The highest BCUT2D eigenvalue weighted by molar-refractivity contribution is 9.10. The van der Waals surface area contributed by atoms with Crippen molar-refractivity contribution in [3.63, 3.8) is 0 Å². The molecule has 0 fully saturated rings. The first-order valence-corrected chi connectivity index (χ1v) is 6.99. The number of imidazole rings is 1. The number of hydrogen-bond acceptors (Lipinski definition) is 3. The fourth-order valence-corrected chi connectivity index (χ4v) is 2.40. The lowest BCUT2D eigenvalue weighted by molar-refractivity contribution is 0.750. The molecular weight excluding hydrogens is 316 g/mol. The summed E-state index contributed by atoms with van der Waals surface area (Å²) in [5.74, 6) is 0.776. The van der Waals surface area contributed by atoms with Crippen LogP contribution in [0.25, 0.3) is 11.0 Å². The van der Waals surface area contributed by atoms with Crippen LogP contribution in [0.2, 0.25) is 0 Å². The molecule has 0 aliphatic carbocycles. The van der Waals surface area contributed by atoms with Gasteiger partial charge in [-0.3, -0.25) is 4.98 Å². The van der Waals surface area contributed by atoms with Gasteiger partial charge in [-0.2, -0.15) is 5.26 Å². The first-order valence-electron chi connectivity index (χ1n) is 6.19. The van der Waals surface area contributed by atoms with E-state index in [-0.39, 0.29) is 0 Å². The second kappa shape index (κ2) is 5.43. The highest BCUT2D eigenvalue weighted by atomic mass is 79.9. The Balaban J connectivity index is 2.06. The highest BCUT2D eigenvalue weighted by Gasteiger charge is 2.10. The van der Waals surface area contributed by atoms with E-state index >= 15 is 0 Å². The molecule has 4 nitrogen and oxygen atoms in total. The summed E-state index contributed by atoms with van der Waals surface area (Å²) in [4.78, 5) is 8.90. The van der Waals surface area contributed by atoms with Gasteiger partial charge in [0.25, 0.3) is 0 Å². The molecule has 0 atom stereocenters. The average Bonchev–Trinajstić information content (AvgIpc) is 2.80. The number of rotatable bonds is 3. The fraction of sp³-hybridized carbons (Fsp3) is 0.133. The van der Waals surface area contributed by atoms with Crippen molar-refractivity contribution in [1.29, 1.82) is 5.26 Å². The molecule has 20 heavy (non-hydrogen) atoms. The molecule has 0 unspecified atom stereocenters. The molecule has 0 aliphatic rings. The molecule has 2 aromatic heterocycles. The maximum atomic E-state index is 8.95. The predicted molar refractivity (Wildman–Crippen MR) is 80.1 cm³/mol. The van der Waals surface area contributed by atoms with Crippen molar-refractivity contribution in [3.8, 4) is 6.07 Å². The molecule has 0 N–H and O–H groups in total. The lowest BCUT2D eigenvalue weighted by atomic mass is 10.3. The normalized spacial score (nSPS) is 10.6. The van der Waals surface area contributed by atoms with E-state index in [1.807, 2.05) is 36.4 Å². The summed E-state index contributed by atoms with van der Waals surface area (Å²) < 4.78 is 3.00. The molecule has 0 saturated heterocycles. The molecule has 5 heteroatoms. The number of nitriles is 1. The number of nitrogens with zero attached hydrogens (tertiary/aromatic N) is 4. The molecule has 0 aliphatic heterocycles. The molecule has 98 valence electrons. The van der Waals surface area contributed by atoms with Crippen molar-refractivity contribution >= 4 is 27.0 Å².